The molecular weight excluding hydrogens is 262 g/mol. The normalized spacial score (nSPS) is 31.0. The highest BCUT2D eigenvalue weighted by Gasteiger charge is 2.36. The minimum absolute atomic E-state index is 0.281. The Morgan fingerprint density at radius 3 is 2.14 bits per heavy atom. The number of nitrogens with zero attached hydrogens (tertiary/aromatic N) is 3. The van der Waals surface area contributed by atoms with E-state index in [-0.39, 0.29) is 5.54 Å². The number of rotatable bonds is 3. The molecule has 0 aromatic heterocycles. The van der Waals surface area contributed by atoms with E-state index in [2.05, 4.69) is 49.3 Å². The number of piperidine rings is 1. The van der Waals surface area contributed by atoms with Crippen LogP contribution in [-0.2, 0) is 0 Å². The largest absolute Gasteiger partial charge is 0.396 e. The maximum absolute atomic E-state index is 9.81. The zero-order chi connectivity index (χ0) is 15.6. The second kappa shape index (κ2) is 6.95. The second-order valence-corrected chi connectivity index (χ2v) is 8.08. The molecule has 0 aromatic carbocycles. The molecule has 2 rings (SSSR count). The lowest BCUT2D eigenvalue weighted by Gasteiger charge is -2.49. The van der Waals surface area contributed by atoms with Crippen LogP contribution < -0.4 is 0 Å². The van der Waals surface area contributed by atoms with Crippen molar-refractivity contribution in [2.45, 2.75) is 58.7 Å². The van der Waals surface area contributed by atoms with E-state index < -0.39 is 0 Å². The molecule has 0 radical (unpaired) electrons. The van der Waals surface area contributed by atoms with E-state index in [0.29, 0.717) is 24.6 Å². The maximum atomic E-state index is 9.81. The standard InChI is InChI=1S/C17H35N3O/c1-14(2)19-7-6-16(15(12-19)13-21)18-8-10-20(11-9-18)17(3,4)5/h14-16,21H,6-13H2,1-5H3. The summed E-state index contributed by atoms with van der Waals surface area (Å²) >= 11 is 0. The van der Waals surface area contributed by atoms with Crippen LogP contribution in [0.2, 0.25) is 0 Å². The van der Waals surface area contributed by atoms with Crippen LogP contribution in [0.15, 0.2) is 0 Å². The number of aliphatic hydroxyl groups is 1. The van der Waals surface area contributed by atoms with Crippen molar-refractivity contribution in [1.82, 2.24) is 14.7 Å². The van der Waals surface area contributed by atoms with Crippen molar-refractivity contribution in [2.24, 2.45) is 5.92 Å². The molecule has 2 aliphatic heterocycles. The Kier molecular flexibility index (Phi) is 5.69. The Morgan fingerprint density at radius 1 is 1.05 bits per heavy atom. The molecule has 2 aliphatic rings. The molecule has 0 aliphatic carbocycles. The number of hydrogen-bond acceptors (Lipinski definition) is 4. The topological polar surface area (TPSA) is 30.0 Å². The second-order valence-electron chi connectivity index (χ2n) is 8.08. The molecule has 0 bridgehead atoms. The molecule has 4 heteroatoms. The molecule has 2 heterocycles. The zero-order valence-corrected chi connectivity index (χ0v) is 14.7. The van der Waals surface area contributed by atoms with E-state index in [0.717, 1.165) is 32.7 Å². The van der Waals surface area contributed by atoms with Crippen LogP contribution in [0.25, 0.3) is 0 Å². The average molecular weight is 297 g/mol. The predicted octanol–water partition coefficient (Wildman–Crippen LogP) is 1.49. The summed E-state index contributed by atoms with van der Waals surface area (Å²) in [6, 6.07) is 1.17. The van der Waals surface area contributed by atoms with Gasteiger partial charge in [0, 0.05) is 62.9 Å². The van der Waals surface area contributed by atoms with Crippen LogP contribution in [0, 0.1) is 5.92 Å². The average Bonchev–Trinajstić information content (AvgIpc) is 2.45. The van der Waals surface area contributed by atoms with Gasteiger partial charge in [0.05, 0.1) is 0 Å². The van der Waals surface area contributed by atoms with Crippen molar-refractivity contribution in [3.8, 4) is 0 Å². The first-order valence-electron chi connectivity index (χ1n) is 8.67. The highest BCUT2D eigenvalue weighted by molar-refractivity contribution is 4.91. The fourth-order valence-corrected chi connectivity index (χ4v) is 3.90. The molecule has 21 heavy (non-hydrogen) atoms. The summed E-state index contributed by atoms with van der Waals surface area (Å²) in [5.41, 5.74) is 0.281. The van der Waals surface area contributed by atoms with E-state index in [9.17, 15) is 5.11 Å². The number of aliphatic hydroxyl groups excluding tert-OH is 1. The lowest BCUT2D eigenvalue weighted by atomic mass is 9.90. The van der Waals surface area contributed by atoms with Gasteiger partial charge in [0.25, 0.3) is 0 Å². The molecule has 0 aromatic rings. The molecule has 0 amide bonds. The van der Waals surface area contributed by atoms with Crippen LogP contribution in [0.1, 0.15) is 41.0 Å². The van der Waals surface area contributed by atoms with Crippen LogP contribution >= 0.6 is 0 Å². The third-order valence-corrected chi connectivity index (χ3v) is 5.42. The monoisotopic (exact) mass is 297 g/mol. The first-order valence-corrected chi connectivity index (χ1v) is 8.67. The van der Waals surface area contributed by atoms with E-state index in [1.54, 1.807) is 0 Å². The summed E-state index contributed by atoms with van der Waals surface area (Å²) in [6.45, 7) is 18.6. The Hall–Kier alpha value is -0.160. The highest BCUT2D eigenvalue weighted by Crippen LogP contribution is 2.26. The van der Waals surface area contributed by atoms with E-state index >= 15 is 0 Å². The summed E-state index contributed by atoms with van der Waals surface area (Å²) in [4.78, 5) is 7.74. The smallest absolute Gasteiger partial charge is 0.0486 e. The molecule has 124 valence electrons. The Morgan fingerprint density at radius 2 is 1.67 bits per heavy atom. The quantitative estimate of drug-likeness (QED) is 0.855. The molecule has 4 nitrogen and oxygen atoms in total. The van der Waals surface area contributed by atoms with Gasteiger partial charge in [-0.3, -0.25) is 9.80 Å². The summed E-state index contributed by atoms with van der Waals surface area (Å²) in [6.07, 6.45) is 1.21. The Balaban J connectivity index is 1.91. The fourth-order valence-electron chi connectivity index (χ4n) is 3.90. The van der Waals surface area contributed by atoms with Crippen molar-refractivity contribution in [1.29, 1.82) is 0 Å². The van der Waals surface area contributed by atoms with Crippen LogP contribution in [0.5, 0.6) is 0 Å². The molecule has 1 N–H and O–H groups in total. The van der Waals surface area contributed by atoms with E-state index in [1.807, 2.05) is 0 Å². The predicted molar refractivity (Wildman–Crippen MR) is 88.6 cm³/mol. The van der Waals surface area contributed by atoms with E-state index in [4.69, 9.17) is 0 Å². The van der Waals surface area contributed by atoms with Gasteiger partial charge in [-0.05, 0) is 47.6 Å². The molecule has 0 spiro atoms. The van der Waals surface area contributed by atoms with Crippen molar-refractivity contribution in [3.05, 3.63) is 0 Å². The van der Waals surface area contributed by atoms with Crippen molar-refractivity contribution < 1.29 is 5.11 Å². The number of piperazine rings is 1. The molecule has 0 saturated carbocycles. The summed E-state index contributed by atoms with van der Waals surface area (Å²) in [5.74, 6) is 0.419. The third kappa shape index (κ3) is 4.19. The van der Waals surface area contributed by atoms with Crippen LogP contribution in [-0.4, -0.2) is 83.3 Å². The number of likely N-dealkylation sites (tertiary alicyclic amines) is 1. The molecule has 2 fully saturated rings. The highest BCUT2D eigenvalue weighted by atomic mass is 16.3. The minimum atomic E-state index is 0.281. The van der Waals surface area contributed by atoms with Crippen molar-refractivity contribution in [2.75, 3.05) is 45.9 Å². The Bertz CT molecular complexity index is 318. The van der Waals surface area contributed by atoms with Gasteiger partial charge in [-0.1, -0.05) is 0 Å². The third-order valence-electron chi connectivity index (χ3n) is 5.42. The minimum Gasteiger partial charge on any atom is -0.396 e. The number of hydrogen-bond donors (Lipinski definition) is 1. The maximum Gasteiger partial charge on any atom is 0.0486 e. The SMILES string of the molecule is CC(C)N1CCC(N2CCN(C(C)(C)C)CC2)C(CO)C1. The van der Waals surface area contributed by atoms with Crippen molar-refractivity contribution >= 4 is 0 Å². The van der Waals surface area contributed by atoms with Gasteiger partial charge in [-0.25, -0.2) is 0 Å². The van der Waals surface area contributed by atoms with E-state index in [1.165, 1.54) is 13.0 Å². The fraction of sp³-hybridized carbons (Fsp3) is 1.00. The van der Waals surface area contributed by atoms with Crippen LogP contribution in [0.4, 0.5) is 0 Å². The first kappa shape index (κ1) is 17.2. The van der Waals surface area contributed by atoms with Gasteiger partial charge in [-0.2, -0.15) is 0 Å². The molecular formula is C17H35N3O. The van der Waals surface area contributed by atoms with Gasteiger partial charge in [0.2, 0.25) is 0 Å². The molecule has 2 unspecified atom stereocenters. The summed E-state index contributed by atoms with van der Waals surface area (Å²) in [7, 11) is 0. The van der Waals surface area contributed by atoms with Gasteiger partial charge < -0.3 is 10.0 Å². The summed E-state index contributed by atoms with van der Waals surface area (Å²) < 4.78 is 0. The Labute approximate surface area is 131 Å². The van der Waals surface area contributed by atoms with Crippen molar-refractivity contribution in [3.63, 3.8) is 0 Å². The zero-order valence-electron chi connectivity index (χ0n) is 14.7. The molecule has 2 atom stereocenters. The van der Waals surface area contributed by atoms with Crippen LogP contribution in [0.3, 0.4) is 0 Å². The lowest BCUT2D eigenvalue weighted by molar-refractivity contribution is -0.0189. The van der Waals surface area contributed by atoms with Gasteiger partial charge in [0.15, 0.2) is 0 Å². The lowest BCUT2D eigenvalue weighted by Crippen LogP contribution is -2.60. The molecule has 2 saturated heterocycles. The summed E-state index contributed by atoms with van der Waals surface area (Å²) in [5, 5.41) is 9.81. The van der Waals surface area contributed by atoms with Gasteiger partial charge in [0.1, 0.15) is 0 Å². The van der Waals surface area contributed by atoms with Gasteiger partial charge >= 0.3 is 0 Å². The first-order chi connectivity index (χ1) is 9.82. The van der Waals surface area contributed by atoms with Gasteiger partial charge in [-0.15, -0.1) is 0 Å².